The van der Waals surface area contributed by atoms with E-state index >= 15 is 0 Å². The zero-order chi connectivity index (χ0) is 20.7. The van der Waals surface area contributed by atoms with E-state index in [1.165, 1.54) is 12.1 Å². The molecule has 0 radical (unpaired) electrons. The van der Waals surface area contributed by atoms with Gasteiger partial charge in [-0.1, -0.05) is 46.4 Å². The number of pyridine rings is 1. The zero-order valence-corrected chi connectivity index (χ0v) is 16.9. The molecule has 1 heterocycles. The molecule has 0 unspecified atom stereocenters. The van der Waals surface area contributed by atoms with Crippen molar-refractivity contribution >= 4 is 46.4 Å². The van der Waals surface area contributed by atoms with Crippen LogP contribution in [0.4, 0.5) is 13.2 Å². The van der Waals surface area contributed by atoms with Gasteiger partial charge in [0.15, 0.2) is 5.75 Å². The Labute approximate surface area is 178 Å². The van der Waals surface area contributed by atoms with Gasteiger partial charge in [-0.3, -0.25) is 0 Å². The third-order valence-corrected chi connectivity index (χ3v) is 3.84. The standard InChI is InChI=1S/C17H12Cl4F3NO3/c18-12-6-11(28-9-14(20)21)7-13(19)16(12)27-5-1-4-26-15-3-2-10(8-25-15)17(22,23)24/h2-3,6-9H,1,4-5H2. The minimum Gasteiger partial charge on any atom is -0.490 e. The van der Waals surface area contributed by atoms with Crippen LogP contribution in [0.2, 0.25) is 10.0 Å². The van der Waals surface area contributed by atoms with E-state index in [-0.39, 0.29) is 39.4 Å². The van der Waals surface area contributed by atoms with Crippen LogP contribution < -0.4 is 14.2 Å². The molecule has 152 valence electrons. The normalized spacial score (nSPS) is 11.1. The summed E-state index contributed by atoms with van der Waals surface area (Å²) in [6.45, 7) is 0.376. The van der Waals surface area contributed by atoms with Crippen LogP contribution in [-0.2, 0) is 6.18 Å². The fourth-order valence-corrected chi connectivity index (χ4v) is 2.56. The highest BCUT2D eigenvalue weighted by atomic mass is 35.5. The van der Waals surface area contributed by atoms with Gasteiger partial charge in [-0.2, -0.15) is 13.2 Å². The van der Waals surface area contributed by atoms with E-state index in [0.29, 0.717) is 18.4 Å². The summed E-state index contributed by atoms with van der Waals surface area (Å²) >= 11 is 23.1. The molecule has 0 aliphatic carbocycles. The summed E-state index contributed by atoms with van der Waals surface area (Å²) in [7, 11) is 0. The van der Waals surface area contributed by atoms with Crippen molar-refractivity contribution < 1.29 is 27.4 Å². The quantitative estimate of drug-likeness (QED) is 0.306. The van der Waals surface area contributed by atoms with Crippen molar-refractivity contribution in [2.45, 2.75) is 12.6 Å². The summed E-state index contributed by atoms with van der Waals surface area (Å²) in [6, 6.07) is 4.99. The fourth-order valence-electron chi connectivity index (χ4n) is 1.90. The summed E-state index contributed by atoms with van der Waals surface area (Å²) in [5.41, 5.74) is -0.844. The molecule has 4 nitrogen and oxygen atoms in total. The molecule has 0 spiro atoms. The van der Waals surface area contributed by atoms with Crippen molar-refractivity contribution in [3.63, 3.8) is 0 Å². The van der Waals surface area contributed by atoms with Crippen LogP contribution in [0.1, 0.15) is 12.0 Å². The van der Waals surface area contributed by atoms with Gasteiger partial charge in [-0.15, -0.1) is 0 Å². The predicted octanol–water partition coefficient (Wildman–Crippen LogP) is 6.91. The molecule has 1 aromatic heterocycles. The second-order valence-electron chi connectivity index (χ2n) is 5.17. The predicted molar refractivity (Wildman–Crippen MR) is 102 cm³/mol. The van der Waals surface area contributed by atoms with Gasteiger partial charge in [0.2, 0.25) is 5.88 Å². The molecule has 2 aromatic rings. The van der Waals surface area contributed by atoms with Crippen molar-refractivity contribution in [2.24, 2.45) is 0 Å². The largest absolute Gasteiger partial charge is 0.490 e. The molecule has 0 aliphatic heterocycles. The van der Waals surface area contributed by atoms with E-state index in [4.69, 9.17) is 60.6 Å². The molecule has 11 heteroatoms. The third-order valence-electron chi connectivity index (χ3n) is 3.10. The molecular formula is C17H12Cl4F3NO3. The Balaban J connectivity index is 1.81. The number of halogens is 7. The number of alkyl halides is 3. The Morgan fingerprint density at radius 2 is 1.68 bits per heavy atom. The molecule has 0 saturated carbocycles. The van der Waals surface area contributed by atoms with Crippen LogP contribution >= 0.6 is 46.4 Å². The minimum absolute atomic E-state index is 0.0740. The third kappa shape index (κ3) is 7.13. The lowest BCUT2D eigenvalue weighted by Gasteiger charge is -2.12. The number of ether oxygens (including phenoxy) is 3. The molecule has 1 aromatic carbocycles. The van der Waals surface area contributed by atoms with E-state index in [0.717, 1.165) is 18.4 Å². The Hall–Kier alpha value is -1.54. The van der Waals surface area contributed by atoms with Crippen molar-refractivity contribution in [3.05, 3.63) is 56.8 Å². The Morgan fingerprint density at radius 1 is 1.04 bits per heavy atom. The lowest BCUT2D eigenvalue weighted by molar-refractivity contribution is -0.137. The molecule has 2 rings (SSSR count). The zero-order valence-electron chi connectivity index (χ0n) is 13.9. The van der Waals surface area contributed by atoms with Gasteiger partial charge in [0.1, 0.15) is 16.5 Å². The van der Waals surface area contributed by atoms with Crippen molar-refractivity contribution in [2.75, 3.05) is 13.2 Å². The molecule has 0 amide bonds. The van der Waals surface area contributed by atoms with Gasteiger partial charge in [0, 0.05) is 30.8 Å². The number of benzene rings is 1. The van der Waals surface area contributed by atoms with Crippen LogP contribution in [-0.4, -0.2) is 18.2 Å². The van der Waals surface area contributed by atoms with Gasteiger partial charge in [0.05, 0.1) is 28.8 Å². The summed E-state index contributed by atoms with van der Waals surface area (Å²) in [6.07, 6.45) is -2.21. The average Bonchev–Trinajstić information content (AvgIpc) is 2.61. The highest BCUT2D eigenvalue weighted by molar-refractivity contribution is 6.55. The van der Waals surface area contributed by atoms with Crippen molar-refractivity contribution in [1.29, 1.82) is 0 Å². The van der Waals surface area contributed by atoms with E-state index in [9.17, 15) is 13.2 Å². The van der Waals surface area contributed by atoms with E-state index < -0.39 is 11.7 Å². The van der Waals surface area contributed by atoms with Crippen LogP contribution in [0.5, 0.6) is 17.4 Å². The summed E-state index contributed by atoms with van der Waals surface area (Å²) in [4.78, 5) is 3.61. The highest BCUT2D eigenvalue weighted by Gasteiger charge is 2.30. The highest BCUT2D eigenvalue weighted by Crippen LogP contribution is 2.37. The second kappa shape index (κ2) is 10.3. The SMILES string of the molecule is FC(F)(F)c1ccc(OCCCOc2c(Cl)cc(OC=C(Cl)Cl)cc2Cl)nc1. The number of rotatable bonds is 8. The minimum atomic E-state index is -4.44. The van der Waals surface area contributed by atoms with Gasteiger partial charge >= 0.3 is 6.18 Å². The molecule has 0 N–H and O–H groups in total. The monoisotopic (exact) mass is 475 g/mol. The Kier molecular flexibility index (Phi) is 8.37. The topological polar surface area (TPSA) is 40.6 Å². The van der Waals surface area contributed by atoms with Gasteiger partial charge < -0.3 is 14.2 Å². The van der Waals surface area contributed by atoms with Crippen LogP contribution in [0.15, 0.2) is 41.2 Å². The maximum atomic E-state index is 12.5. The molecule has 0 bridgehead atoms. The van der Waals surface area contributed by atoms with E-state index in [2.05, 4.69) is 4.98 Å². The van der Waals surface area contributed by atoms with Gasteiger partial charge in [0.25, 0.3) is 0 Å². The number of aromatic nitrogens is 1. The van der Waals surface area contributed by atoms with Crippen LogP contribution in [0.25, 0.3) is 0 Å². The Bertz CT molecular complexity index is 802. The lowest BCUT2D eigenvalue weighted by Crippen LogP contribution is -2.08. The summed E-state index contributed by atoms with van der Waals surface area (Å²) < 4.78 is 53.2. The van der Waals surface area contributed by atoms with Crippen LogP contribution in [0, 0.1) is 0 Å². The first kappa shape index (κ1) is 22.7. The maximum absolute atomic E-state index is 12.5. The van der Waals surface area contributed by atoms with E-state index in [1.54, 1.807) is 0 Å². The summed E-state index contributed by atoms with van der Waals surface area (Å²) in [5.74, 6) is 0.652. The number of nitrogens with zero attached hydrogens (tertiary/aromatic N) is 1. The first-order chi connectivity index (χ1) is 13.2. The summed E-state index contributed by atoms with van der Waals surface area (Å²) in [5, 5.41) is 0.429. The lowest BCUT2D eigenvalue weighted by atomic mass is 10.3. The first-order valence-corrected chi connectivity index (χ1v) is 9.13. The van der Waals surface area contributed by atoms with E-state index in [1.807, 2.05) is 0 Å². The average molecular weight is 477 g/mol. The smallest absolute Gasteiger partial charge is 0.417 e. The van der Waals surface area contributed by atoms with Gasteiger partial charge in [-0.05, 0) is 6.07 Å². The molecule has 28 heavy (non-hydrogen) atoms. The molecule has 0 fully saturated rings. The van der Waals surface area contributed by atoms with Crippen molar-refractivity contribution in [3.8, 4) is 17.4 Å². The maximum Gasteiger partial charge on any atom is 0.417 e. The molecule has 0 aliphatic rings. The molecule has 0 atom stereocenters. The molecular weight excluding hydrogens is 465 g/mol. The fraction of sp³-hybridized carbons (Fsp3) is 0.235. The number of hydrogen-bond donors (Lipinski definition) is 0. The van der Waals surface area contributed by atoms with Gasteiger partial charge in [-0.25, -0.2) is 4.98 Å². The number of hydrogen-bond acceptors (Lipinski definition) is 4. The van der Waals surface area contributed by atoms with Crippen molar-refractivity contribution in [1.82, 2.24) is 4.98 Å². The van der Waals surface area contributed by atoms with Crippen LogP contribution in [0.3, 0.4) is 0 Å². The second-order valence-corrected chi connectivity index (χ2v) is 7.00. The molecule has 0 saturated heterocycles. The Morgan fingerprint density at radius 3 is 2.21 bits per heavy atom. The first-order valence-electron chi connectivity index (χ1n) is 7.62.